The van der Waals surface area contributed by atoms with Crippen molar-refractivity contribution in [1.29, 1.82) is 0 Å². The fourth-order valence-electron chi connectivity index (χ4n) is 2.24. The summed E-state index contributed by atoms with van der Waals surface area (Å²) in [5.74, 6) is 1.05. The molecule has 3 heteroatoms. The van der Waals surface area contributed by atoms with Crippen molar-refractivity contribution in [3.8, 4) is 5.75 Å². The molecular weight excluding hydrogens is 236 g/mol. The Bertz CT molecular complexity index is 452. The fraction of sp³-hybridized carbons (Fsp3) is 0.625. The Kier molecular flexibility index (Phi) is 3.88. The van der Waals surface area contributed by atoms with Gasteiger partial charge in [-0.25, -0.2) is 0 Å². The molecule has 1 aliphatic rings. The second kappa shape index (κ2) is 5.14. The molecule has 0 amide bonds. The first kappa shape index (κ1) is 14.4. The van der Waals surface area contributed by atoms with E-state index in [0.29, 0.717) is 6.54 Å². The van der Waals surface area contributed by atoms with E-state index in [-0.39, 0.29) is 11.0 Å². The lowest BCUT2D eigenvalue weighted by Gasteiger charge is -2.32. The van der Waals surface area contributed by atoms with E-state index in [1.54, 1.807) is 0 Å². The van der Waals surface area contributed by atoms with Crippen molar-refractivity contribution in [1.82, 2.24) is 5.32 Å². The van der Waals surface area contributed by atoms with E-state index in [0.717, 1.165) is 25.3 Å². The van der Waals surface area contributed by atoms with Gasteiger partial charge in [-0.2, -0.15) is 0 Å². The Morgan fingerprint density at radius 2 is 2.00 bits per heavy atom. The molecule has 0 aliphatic carbocycles. The number of nitrogens with two attached hydrogens (primary N) is 1. The number of ether oxygens (including phenoxy) is 1. The van der Waals surface area contributed by atoms with Crippen LogP contribution in [-0.2, 0) is 11.8 Å². The van der Waals surface area contributed by atoms with Crippen LogP contribution in [0.4, 0.5) is 0 Å². The Morgan fingerprint density at radius 1 is 1.26 bits per heavy atom. The lowest BCUT2D eigenvalue weighted by Crippen LogP contribution is -2.50. The second-order valence-corrected chi connectivity index (χ2v) is 6.75. The molecule has 19 heavy (non-hydrogen) atoms. The normalized spacial score (nSPS) is 15.2. The molecule has 0 saturated carbocycles. The lowest BCUT2D eigenvalue weighted by molar-refractivity contribution is 0.346. The standard InChI is InChI=1S/C16H26N2O/c1-15(2,11-18-16(3,4)10-17)13-5-6-14-12(9-13)7-8-19-14/h5-6,9,18H,7-8,10-11,17H2,1-4H3. The summed E-state index contributed by atoms with van der Waals surface area (Å²) in [6, 6.07) is 6.58. The van der Waals surface area contributed by atoms with Crippen molar-refractivity contribution < 1.29 is 4.74 Å². The maximum Gasteiger partial charge on any atom is 0.122 e. The summed E-state index contributed by atoms with van der Waals surface area (Å²) >= 11 is 0. The zero-order chi connectivity index (χ0) is 14.1. The van der Waals surface area contributed by atoms with Gasteiger partial charge in [0, 0.05) is 30.5 Å². The molecule has 0 unspecified atom stereocenters. The van der Waals surface area contributed by atoms with Gasteiger partial charge >= 0.3 is 0 Å². The predicted molar refractivity (Wildman–Crippen MR) is 79.8 cm³/mol. The molecule has 0 bridgehead atoms. The summed E-state index contributed by atoms with van der Waals surface area (Å²) in [4.78, 5) is 0. The van der Waals surface area contributed by atoms with E-state index in [1.165, 1.54) is 11.1 Å². The maximum absolute atomic E-state index is 5.77. The molecule has 0 aromatic heterocycles. The summed E-state index contributed by atoms with van der Waals surface area (Å²) in [5.41, 5.74) is 8.53. The molecule has 0 atom stereocenters. The van der Waals surface area contributed by atoms with E-state index >= 15 is 0 Å². The minimum absolute atomic E-state index is 0.0168. The third kappa shape index (κ3) is 3.28. The minimum atomic E-state index is -0.0168. The molecule has 3 nitrogen and oxygen atoms in total. The van der Waals surface area contributed by atoms with Gasteiger partial charge in [0.1, 0.15) is 5.75 Å². The maximum atomic E-state index is 5.77. The highest BCUT2D eigenvalue weighted by Crippen LogP contribution is 2.31. The first-order valence-corrected chi connectivity index (χ1v) is 7.05. The van der Waals surface area contributed by atoms with Crippen LogP contribution >= 0.6 is 0 Å². The summed E-state index contributed by atoms with van der Waals surface area (Å²) < 4.78 is 5.57. The summed E-state index contributed by atoms with van der Waals surface area (Å²) in [6.07, 6.45) is 1.03. The summed E-state index contributed by atoms with van der Waals surface area (Å²) in [6.45, 7) is 11.2. The van der Waals surface area contributed by atoms with Gasteiger partial charge in [-0.1, -0.05) is 26.0 Å². The lowest BCUT2D eigenvalue weighted by atomic mass is 9.83. The number of hydrogen-bond acceptors (Lipinski definition) is 3. The van der Waals surface area contributed by atoms with Crippen molar-refractivity contribution in [2.45, 2.75) is 45.1 Å². The molecule has 1 aliphatic heterocycles. The quantitative estimate of drug-likeness (QED) is 0.855. The summed E-state index contributed by atoms with van der Waals surface area (Å²) in [5, 5.41) is 3.56. The molecular formula is C16H26N2O. The Labute approximate surface area is 116 Å². The van der Waals surface area contributed by atoms with E-state index in [2.05, 4.69) is 51.2 Å². The Morgan fingerprint density at radius 3 is 2.68 bits per heavy atom. The smallest absolute Gasteiger partial charge is 0.122 e. The van der Waals surface area contributed by atoms with Gasteiger partial charge in [-0.05, 0) is 31.0 Å². The number of rotatable bonds is 5. The van der Waals surface area contributed by atoms with Gasteiger partial charge in [-0.3, -0.25) is 0 Å². The van der Waals surface area contributed by atoms with E-state index < -0.39 is 0 Å². The Hall–Kier alpha value is -1.06. The second-order valence-electron chi connectivity index (χ2n) is 6.75. The van der Waals surface area contributed by atoms with Crippen LogP contribution in [0.2, 0.25) is 0 Å². The van der Waals surface area contributed by atoms with Gasteiger partial charge in [0.15, 0.2) is 0 Å². The van der Waals surface area contributed by atoms with Crippen LogP contribution < -0.4 is 15.8 Å². The van der Waals surface area contributed by atoms with Crippen molar-refractivity contribution in [2.75, 3.05) is 19.7 Å². The average Bonchev–Trinajstić information content (AvgIpc) is 2.84. The highest BCUT2D eigenvalue weighted by Gasteiger charge is 2.26. The van der Waals surface area contributed by atoms with Gasteiger partial charge in [-0.15, -0.1) is 0 Å². The molecule has 1 aromatic carbocycles. The van der Waals surface area contributed by atoms with Crippen molar-refractivity contribution >= 4 is 0 Å². The van der Waals surface area contributed by atoms with Crippen LogP contribution in [0.1, 0.15) is 38.8 Å². The molecule has 0 saturated heterocycles. The number of fused-ring (bicyclic) bond motifs is 1. The highest BCUT2D eigenvalue weighted by molar-refractivity contribution is 5.42. The molecule has 106 valence electrons. The third-order valence-corrected chi connectivity index (χ3v) is 3.99. The van der Waals surface area contributed by atoms with Crippen LogP contribution in [0.25, 0.3) is 0 Å². The van der Waals surface area contributed by atoms with Gasteiger partial charge < -0.3 is 15.8 Å². The Balaban J connectivity index is 2.11. The first-order chi connectivity index (χ1) is 8.84. The molecule has 3 N–H and O–H groups in total. The first-order valence-electron chi connectivity index (χ1n) is 7.05. The van der Waals surface area contributed by atoms with Crippen molar-refractivity contribution in [3.05, 3.63) is 29.3 Å². The topological polar surface area (TPSA) is 47.3 Å². The van der Waals surface area contributed by atoms with Gasteiger partial charge in [0.25, 0.3) is 0 Å². The van der Waals surface area contributed by atoms with Crippen LogP contribution in [0.5, 0.6) is 5.75 Å². The van der Waals surface area contributed by atoms with E-state index in [4.69, 9.17) is 10.5 Å². The van der Waals surface area contributed by atoms with E-state index in [1.807, 2.05) is 0 Å². The van der Waals surface area contributed by atoms with Gasteiger partial charge in [0.05, 0.1) is 6.61 Å². The predicted octanol–water partition coefficient (Wildman–Crippen LogP) is 2.23. The SMILES string of the molecule is CC(C)(CN)NCC(C)(C)c1ccc2c(c1)CCO2. The molecule has 0 fully saturated rings. The number of nitrogens with one attached hydrogen (secondary N) is 1. The van der Waals surface area contributed by atoms with Gasteiger partial charge in [0.2, 0.25) is 0 Å². The molecule has 0 spiro atoms. The number of benzene rings is 1. The fourth-order valence-corrected chi connectivity index (χ4v) is 2.24. The molecule has 1 aromatic rings. The third-order valence-electron chi connectivity index (χ3n) is 3.99. The average molecular weight is 262 g/mol. The molecule has 1 heterocycles. The monoisotopic (exact) mass is 262 g/mol. The number of hydrogen-bond donors (Lipinski definition) is 2. The highest BCUT2D eigenvalue weighted by atomic mass is 16.5. The van der Waals surface area contributed by atoms with E-state index in [9.17, 15) is 0 Å². The zero-order valence-corrected chi connectivity index (χ0v) is 12.5. The van der Waals surface area contributed by atoms with Crippen molar-refractivity contribution in [2.24, 2.45) is 5.73 Å². The van der Waals surface area contributed by atoms with Crippen LogP contribution in [0, 0.1) is 0 Å². The largest absolute Gasteiger partial charge is 0.493 e. The molecule has 2 rings (SSSR count). The molecule has 0 radical (unpaired) electrons. The van der Waals surface area contributed by atoms with Crippen LogP contribution in [-0.4, -0.2) is 25.2 Å². The zero-order valence-electron chi connectivity index (χ0n) is 12.5. The van der Waals surface area contributed by atoms with Crippen molar-refractivity contribution in [3.63, 3.8) is 0 Å². The van der Waals surface area contributed by atoms with Crippen LogP contribution in [0.3, 0.4) is 0 Å². The summed E-state index contributed by atoms with van der Waals surface area (Å²) in [7, 11) is 0. The minimum Gasteiger partial charge on any atom is -0.493 e. The van der Waals surface area contributed by atoms with Crippen LogP contribution in [0.15, 0.2) is 18.2 Å².